The van der Waals surface area contributed by atoms with Crippen molar-refractivity contribution in [2.24, 2.45) is 0 Å². The molecule has 5 heteroatoms. The van der Waals surface area contributed by atoms with Crippen molar-refractivity contribution < 1.29 is 13.7 Å². The van der Waals surface area contributed by atoms with Crippen LogP contribution in [0, 0.1) is 6.92 Å². The summed E-state index contributed by atoms with van der Waals surface area (Å²) >= 11 is 0. The Balaban J connectivity index is 2.10. The highest BCUT2D eigenvalue weighted by Gasteiger charge is 2.53. The van der Waals surface area contributed by atoms with Gasteiger partial charge in [-0.25, -0.2) is 4.98 Å². The topological polar surface area (TPSA) is 44.5 Å². The highest BCUT2D eigenvalue weighted by atomic mass is 16.7. The summed E-state index contributed by atoms with van der Waals surface area (Å²) in [5.41, 5.74) is 0.873. The maximum atomic E-state index is 6.09. The van der Waals surface area contributed by atoms with Crippen molar-refractivity contribution in [1.82, 2.24) is 4.98 Å². The lowest BCUT2D eigenvalue weighted by atomic mass is 9.77. The Hall–Kier alpha value is -1.33. The van der Waals surface area contributed by atoms with Crippen LogP contribution in [0.15, 0.2) is 22.7 Å². The molecule has 0 bridgehead atoms. The first-order valence-corrected chi connectivity index (χ1v) is 6.51. The van der Waals surface area contributed by atoms with Gasteiger partial charge < -0.3 is 13.7 Å². The minimum atomic E-state index is -0.407. The van der Waals surface area contributed by atoms with Gasteiger partial charge in [-0.2, -0.15) is 0 Å². The second-order valence-electron chi connectivity index (χ2n) is 6.02. The summed E-state index contributed by atoms with van der Waals surface area (Å²) in [5, 5.41) is 0.957. The number of rotatable bonds is 1. The van der Waals surface area contributed by atoms with Crippen LogP contribution in [0.1, 0.15) is 33.5 Å². The van der Waals surface area contributed by atoms with Crippen LogP contribution >= 0.6 is 0 Å². The molecular weight excluding hydrogens is 241 g/mol. The lowest BCUT2D eigenvalue weighted by Gasteiger charge is -2.32. The molecule has 0 N–H and O–H groups in total. The fourth-order valence-corrected chi connectivity index (χ4v) is 2.32. The van der Waals surface area contributed by atoms with E-state index in [4.69, 9.17) is 13.7 Å². The Kier molecular flexibility index (Phi) is 2.56. The van der Waals surface area contributed by atoms with Crippen molar-refractivity contribution in [3.8, 4) is 0 Å². The molecule has 2 aromatic rings. The maximum Gasteiger partial charge on any atom is 0.499 e. The van der Waals surface area contributed by atoms with Crippen LogP contribution in [0.4, 0.5) is 0 Å². The molecule has 0 saturated carbocycles. The van der Waals surface area contributed by atoms with Gasteiger partial charge in [0.25, 0.3) is 0 Å². The second-order valence-corrected chi connectivity index (χ2v) is 6.02. The Morgan fingerprint density at radius 2 is 1.74 bits per heavy atom. The van der Waals surface area contributed by atoms with Gasteiger partial charge >= 0.3 is 7.12 Å². The van der Waals surface area contributed by atoms with Gasteiger partial charge in [-0.05, 0) is 46.8 Å². The highest BCUT2D eigenvalue weighted by molar-refractivity contribution is 6.65. The molecule has 0 aromatic carbocycles. The minimum absolute atomic E-state index is 0.351. The van der Waals surface area contributed by atoms with Crippen LogP contribution in [0.2, 0.25) is 0 Å². The molecule has 1 saturated heterocycles. The zero-order valence-corrected chi connectivity index (χ0v) is 12.0. The lowest BCUT2D eigenvalue weighted by Crippen LogP contribution is -2.41. The molecule has 0 amide bonds. The number of aromatic nitrogens is 1. The molecule has 1 fully saturated rings. The smallest absolute Gasteiger partial charge is 0.443 e. The molecule has 0 spiro atoms. The van der Waals surface area contributed by atoms with Gasteiger partial charge in [0.05, 0.1) is 11.2 Å². The zero-order valence-electron chi connectivity index (χ0n) is 12.0. The number of fused-ring (bicyclic) bond motifs is 1. The highest BCUT2D eigenvalue weighted by Crippen LogP contribution is 2.37. The summed E-state index contributed by atoms with van der Waals surface area (Å²) in [5.74, 6) is 0.798. The van der Waals surface area contributed by atoms with E-state index in [-0.39, 0.29) is 11.2 Å². The van der Waals surface area contributed by atoms with Crippen molar-refractivity contribution in [1.29, 1.82) is 0 Å². The van der Waals surface area contributed by atoms with Crippen LogP contribution in [0.25, 0.3) is 11.1 Å². The van der Waals surface area contributed by atoms with Crippen LogP contribution in [-0.2, 0) is 9.31 Å². The van der Waals surface area contributed by atoms with Crippen molar-refractivity contribution in [2.75, 3.05) is 0 Å². The minimum Gasteiger partial charge on any atom is -0.443 e. The van der Waals surface area contributed by atoms with Crippen LogP contribution < -0.4 is 5.46 Å². The van der Waals surface area contributed by atoms with E-state index < -0.39 is 7.12 Å². The quantitative estimate of drug-likeness (QED) is 0.738. The van der Waals surface area contributed by atoms with E-state index in [1.165, 1.54) is 0 Å². The molecule has 1 aliphatic heterocycles. The molecule has 100 valence electrons. The number of nitrogens with zero attached hydrogens (tertiary/aromatic N) is 1. The van der Waals surface area contributed by atoms with E-state index >= 15 is 0 Å². The molecule has 0 unspecified atom stereocenters. The molecule has 0 atom stereocenters. The van der Waals surface area contributed by atoms with Crippen molar-refractivity contribution in [3.05, 3.63) is 24.1 Å². The van der Waals surface area contributed by atoms with E-state index in [0.29, 0.717) is 5.71 Å². The molecule has 1 aliphatic rings. The SMILES string of the molecule is Cc1oc2ncccc2c1B1OC(C)(C)C(C)(C)O1. The van der Waals surface area contributed by atoms with Crippen molar-refractivity contribution in [2.45, 2.75) is 45.8 Å². The molecule has 4 nitrogen and oxygen atoms in total. The van der Waals surface area contributed by atoms with Crippen molar-refractivity contribution >= 4 is 23.7 Å². The van der Waals surface area contributed by atoms with Gasteiger partial charge in [0, 0.05) is 17.0 Å². The van der Waals surface area contributed by atoms with Gasteiger partial charge in [0.1, 0.15) is 5.76 Å². The van der Waals surface area contributed by atoms with E-state index in [0.717, 1.165) is 16.6 Å². The standard InChI is InChI=1S/C14H18BNO3/c1-9-11(10-7-6-8-16-12(10)17-9)15-18-13(2,3)14(4,5)19-15/h6-8H,1-5H3. The molecule has 0 radical (unpaired) electrons. The first kappa shape index (κ1) is 12.7. The third kappa shape index (κ3) is 1.80. The molecule has 0 aliphatic carbocycles. The second kappa shape index (κ2) is 3.84. The van der Waals surface area contributed by atoms with Crippen LogP contribution in [0.3, 0.4) is 0 Å². The number of hydrogen-bond donors (Lipinski definition) is 0. The number of hydrogen-bond acceptors (Lipinski definition) is 4. The van der Waals surface area contributed by atoms with Gasteiger partial charge in [0.15, 0.2) is 0 Å². The first-order valence-electron chi connectivity index (χ1n) is 6.51. The third-order valence-corrected chi connectivity index (χ3v) is 4.18. The lowest BCUT2D eigenvalue weighted by molar-refractivity contribution is 0.00578. The Labute approximate surface area is 113 Å². The van der Waals surface area contributed by atoms with E-state index in [2.05, 4.69) is 4.98 Å². The van der Waals surface area contributed by atoms with Gasteiger partial charge in [-0.1, -0.05) is 0 Å². The summed E-state index contributed by atoms with van der Waals surface area (Å²) in [6.07, 6.45) is 1.72. The number of furan rings is 1. The maximum absolute atomic E-state index is 6.09. The largest absolute Gasteiger partial charge is 0.499 e. The zero-order chi connectivity index (χ0) is 13.8. The number of aryl methyl sites for hydroxylation is 1. The van der Waals surface area contributed by atoms with E-state index in [1.807, 2.05) is 46.8 Å². The Morgan fingerprint density at radius 1 is 1.11 bits per heavy atom. The van der Waals surface area contributed by atoms with Crippen LogP contribution in [-0.4, -0.2) is 23.3 Å². The van der Waals surface area contributed by atoms with Gasteiger partial charge in [-0.15, -0.1) is 0 Å². The van der Waals surface area contributed by atoms with E-state index in [1.54, 1.807) is 6.20 Å². The summed E-state index contributed by atoms with van der Waals surface area (Å²) < 4.78 is 17.9. The molecule has 2 aromatic heterocycles. The first-order chi connectivity index (χ1) is 8.82. The predicted octanol–water partition coefficient (Wildman–Crippen LogP) is 2.44. The molecule has 3 rings (SSSR count). The molecular formula is C14H18BNO3. The van der Waals surface area contributed by atoms with Crippen molar-refractivity contribution in [3.63, 3.8) is 0 Å². The average molecular weight is 259 g/mol. The van der Waals surface area contributed by atoms with Gasteiger partial charge in [-0.3, -0.25) is 0 Å². The normalized spacial score (nSPS) is 21.2. The Morgan fingerprint density at radius 3 is 2.37 bits per heavy atom. The summed E-state index contributed by atoms with van der Waals surface area (Å²) in [6, 6.07) is 3.88. The Bertz CT molecular complexity index is 617. The van der Waals surface area contributed by atoms with E-state index in [9.17, 15) is 0 Å². The average Bonchev–Trinajstić information content (AvgIpc) is 2.72. The molecule has 19 heavy (non-hydrogen) atoms. The monoisotopic (exact) mass is 259 g/mol. The summed E-state index contributed by atoms with van der Waals surface area (Å²) in [6.45, 7) is 10.1. The molecule has 3 heterocycles. The summed E-state index contributed by atoms with van der Waals surface area (Å²) in [4.78, 5) is 4.23. The summed E-state index contributed by atoms with van der Waals surface area (Å²) in [7, 11) is -0.407. The fourth-order valence-electron chi connectivity index (χ4n) is 2.32. The fraction of sp³-hybridized carbons (Fsp3) is 0.500. The number of pyridine rings is 1. The third-order valence-electron chi connectivity index (χ3n) is 4.18. The van der Waals surface area contributed by atoms with Crippen LogP contribution in [0.5, 0.6) is 0 Å². The van der Waals surface area contributed by atoms with Gasteiger partial charge in [0.2, 0.25) is 5.71 Å². The predicted molar refractivity (Wildman–Crippen MR) is 74.5 cm³/mol.